The van der Waals surface area contributed by atoms with Crippen molar-refractivity contribution in [2.45, 2.75) is 0 Å². The molecule has 11 heteroatoms. The van der Waals surface area contributed by atoms with Crippen molar-refractivity contribution in [2.24, 2.45) is 0 Å². The third-order valence-electron chi connectivity index (χ3n) is 4.62. The zero-order valence-electron chi connectivity index (χ0n) is 16.2. The fourth-order valence-electron chi connectivity index (χ4n) is 3.05. The summed E-state index contributed by atoms with van der Waals surface area (Å²) in [5.41, 5.74) is 0.140. The summed E-state index contributed by atoms with van der Waals surface area (Å²) >= 11 is 1.90. The van der Waals surface area contributed by atoms with Crippen molar-refractivity contribution in [2.75, 3.05) is 13.1 Å². The van der Waals surface area contributed by atoms with E-state index in [-0.39, 0.29) is 29.2 Å². The number of non-ortho nitro benzene ring substituents is 1. The Balaban J connectivity index is 1.39. The molecule has 0 spiro atoms. The molecule has 1 saturated heterocycles. The van der Waals surface area contributed by atoms with Gasteiger partial charge in [0.1, 0.15) is 5.82 Å². The van der Waals surface area contributed by atoms with Crippen LogP contribution in [0.5, 0.6) is 0 Å². The molecule has 8 nitrogen and oxygen atoms in total. The average Bonchev–Trinajstić information content (AvgIpc) is 3.31. The number of thioether (sulfide) groups is 1. The van der Waals surface area contributed by atoms with E-state index in [0.29, 0.717) is 22.0 Å². The summed E-state index contributed by atoms with van der Waals surface area (Å²) in [6.07, 6.45) is 1.33. The number of nitro benzene ring substituents is 1. The second-order valence-corrected chi connectivity index (χ2v) is 8.78. The first kappa shape index (κ1) is 21.7. The van der Waals surface area contributed by atoms with Crippen molar-refractivity contribution in [3.63, 3.8) is 0 Å². The van der Waals surface area contributed by atoms with E-state index in [1.54, 1.807) is 18.2 Å². The van der Waals surface area contributed by atoms with Gasteiger partial charge in [-0.1, -0.05) is 18.2 Å². The molecule has 32 heavy (non-hydrogen) atoms. The summed E-state index contributed by atoms with van der Waals surface area (Å²) in [4.78, 5) is 49.0. The van der Waals surface area contributed by atoms with Crippen LogP contribution in [0, 0.1) is 15.9 Å². The second kappa shape index (κ2) is 8.89. The van der Waals surface area contributed by atoms with Gasteiger partial charge in [0.2, 0.25) is 0 Å². The van der Waals surface area contributed by atoms with Crippen LogP contribution in [-0.2, 0) is 4.79 Å². The topological polar surface area (TPSA) is 110 Å². The molecular formula is C21H14FN3O5S2. The first-order valence-corrected chi connectivity index (χ1v) is 10.9. The van der Waals surface area contributed by atoms with Crippen LogP contribution in [-0.4, -0.2) is 40.0 Å². The van der Waals surface area contributed by atoms with E-state index >= 15 is 0 Å². The molecule has 1 aromatic heterocycles. The Morgan fingerprint density at radius 3 is 2.72 bits per heavy atom. The molecule has 3 aromatic rings. The number of rotatable bonds is 6. The van der Waals surface area contributed by atoms with Gasteiger partial charge in [0.25, 0.3) is 22.7 Å². The minimum absolute atomic E-state index is 0.0260. The monoisotopic (exact) mass is 471 g/mol. The number of halogens is 1. The van der Waals surface area contributed by atoms with Gasteiger partial charge in [0.05, 0.1) is 14.7 Å². The largest absolute Gasteiger partial charge is 0.350 e. The molecule has 4 rings (SSSR count). The number of fused-ring (bicyclic) bond motifs is 1. The summed E-state index contributed by atoms with van der Waals surface area (Å²) in [5.74, 6) is -1.46. The molecular weight excluding hydrogens is 457 g/mol. The molecule has 0 atom stereocenters. The van der Waals surface area contributed by atoms with E-state index in [4.69, 9.17) is 0 Å². The molecule has 1 fully saturated rings. The molecule has 1 aliphatic heterocycles. The molecule has 0 radical (unpaired) electrons. The lowest BCUT2D eigenvalue weighted by molar-refractivity contribution is -0.384. The van der Waals surface area contributed by atoms with Crippen LogP contribution >= 0.6 is 23.1 Å². The molecule has 0 aliphatic carbocycles. The number of nitro groups is 1. The molecule has 0 saturated carbocycles. The predicted octanol–water partition coefficient (Wildman–Crippen LogP) is 4.41. The summed E-state index contributed by atoms with van der Waals surface area (Å²) in [6, 6.07) is 11.8. The number of imide groups is 1. The highest BCUT2D eigenvalue weighted by atomic mass is 32.2. The molecule has 3 amide bonds. The van der Waals surface area contributed by atoms with Gasteiger partial charge in [0, 0.05) is 40.9 Å². The van der Waals surface area contributed by atoms with Crippen LogP contribution in [0.15, 0.2) is 53.4 Å². The van der Waals surface area contributed by atoms with Crippen LogP contribution in [0.25, 0.3) is 16.2 Å². The normalized spacial score (nSPS) is 15.0. The molecule has 2 heterocycles. The van der Waals surface area contributed by atoms with Crippen LogP contribution in [0.2, 0.25) is 0 Å². The van der Waals surface area contributed by atoms with E-state index in [1.807, 2.05) is 0 Å². The van der Waals surface area contributed by atoms with E-state index in [2.05, 4.69) is 5.32 Å². The lowest BCUT2D eigenvalue weighted by atomic mass is 10.2. The molecule has 162 valence electrons. The van der Waals surface area contributed by atoms with Crippen molar-refractivity contribution in [1.82, 2.24) is 10.2 Å². The van der Waals surface area contributed by atoms with Gasteiger partial charge in [-0.25, -0.2) is 4.39 Å². The van der Waals surface area contributed by atoms with Gasteiger partial charge < -0.3 is 5.32 Å². The van der Waals surface area contributed by atoms with E-state index in [9.17, 15) is 28.9 Å². The van der Waals surface area contributed by atoms with Gasteiger partial charge >= 0.3 is 0 Å². The average molecular weight is 471 g/mol. The number of hydrogen-bond acceptors (Lipinski definition) is 7. The summed E-state index contributed by atoms with van der Waals surface area (Å²) in [6.45, 7) is -0.0143. The SMILES string of the molecule is O=C(NCCN1C(=O)S/C(=C\c2ccccc2F)C1=O)c1cc2cc([N+](=O)[O-])ccc2s1. The van der Waals surface area contributed by atoms with E-state index in [1.165, 1.54) is 47.7 Å². The second-order valence-electron chi connectivity index (χ2n) is 6.70. The maximum Gasteiger partial charge on any atom is 0.293 e. The van der Waals surface area contributed by atoms with Gasteiger partial charge in [0.15, 0.2) is 0 Å². The van der Waals surface area contributed by atoms with Gasteiger partial charge in [-0.15, -0.1) is 11.3 Å². The quantitative estimate of drug-likeness (QED) is 0.324. The highest BCUT2D eigenvalue weighted by molar-refractivity contribution is 8.18. The first-order valence-electron chi connectivity index (χ1n) is 9.29. The standard InChI is InChI=1S/C21H14FN3O5S2/c22-15-4-2-1-3-12(15)10-18-20(27)24(21(28)32-18)8-7-23-19(26)17-11-13-9-14(25(29)30)5-6-16(13)31-17/h1-6,9-11H,7-8H2,(H,23,26)/b18-10-. The zero-order chi connectivity index (χ0) is 22.8. The van der Waals surface area contributed by atoms with Crippen LogP contribution in [0.3, 0.4) is 0 Å². The Morgan fingerprint density at radius 2 is 1.97 bits per heavy atom. The lowest BCUT2D eigenvalue weighted by Crippen LogP contribution is -2.37. The van der Waals surface area contributed by atoms with Crippen molar-refractivity contribution >= 4 is 62.0 Å². The van der Waals surface area contributed by atoms with Crippen LogP contribution < -0.4 is 5.32 Å². The van der Waals surface area contributed by atoms with Gasteiger partial charge in [-0.3, -0.25) is 29.4 Å². The third-order valence-corrected chi connectivity index (χ3v) is 6.64. The smallest absolute Gasteiger partial charge is 0.293 e. The van der Waals surface area contributed by atoms with Crippen molar-refractivity contribution in [3.05, 3.63) is 79.8 Å². The van der Waals surface area contributed by atoms with Crippen LogP contribution in [0.1, 0.15) is 15.2 Å². The Morgan fingerprint density at radius 1 is 1.19 bits per heavy atom. The van der Waals surface area contributed by atoms with Crippen molar-refractivity contribution in [3.8, 4) is 0 Å². The number of amides is 3. The third kappa shape index (κ3) is 4.39. The Kier molecular flexibility index (Phi) is 6.01. The van der Waals surface area contributed by atoms with Gasteiger partial charge in [-0.2, -0.15) is 0 Å². The molecule has 2 aromatic carbocycles. The van der Waals surface area contributed by atoms with Crippen molar-refractivity contribution in [1.29, 1.82) is 0 Å². The molecule has 1 N–H and O–H groups in total. The number of carbonyl (C=O) groups excluding carboxylic acids is 3. The molecule has 1 aliphatic rings. The summed E-state index contributed by atoms with van der Waals surface area (Å²) < 4.78 is 14.5. The van der Waals surface area contributed by atoms with E-state index in [0.717, 1.165) is 9.60 Å². The summed E-state index contributed by atoms with van der Waals surface area (Å²) in [5, 5.41) is 13.6. The number of thiophene rings is 1. The first-order chi connectivity index (χ1) is 15.3. The number of benzene rings is 2. The maximum atomic E-state index is 13.8. The van der Waals surface area contributed by atoms with Crippen molar-refractivity contribution < 1.29 is 23.7 Å². The fraction of sp³-hybridized carbons (Fsp3) is 0.0952. The number of hydrogen-bond donors (Lipinski definition) is 1. The Bertz CT molecular complexity index is 1300. The highest BCUT2D eigenvalue weighted by Crippen LogP contribution is 2.32. The minimum atomic E-state index is -0.549. The van der Waals surface area contributed by atoms with E-state index < -0.39 is 27.8 Å². The fourth-order valence-corrected chi connectivity index (χ4v) is 4.87. The lowest BCUT2D eigenvalue weighted by Gasteiger charge is -2.12. The minimum Gasteiger partial charge on any atom is -0.350 e. The summed E-state index contributed by atoms with van der Waals surface area (Å²) in [7, 11) is 0. The Hall–Kier alpha value is -3.57. The zero-order valence-corrected chi connectivity index (χ0v) is 17.9. The maximum absolute atomic E-state index is 13.8. The number of carbonyl (C=O) groups is 3. The number of nitrogens with zero attached hydrogens (tertiary/aromatic N) is 2. The predicted molar refractivity (Wildman–Crippen MR) is 120 cm³/mol. The molecule has 0 bridgehead atoms. The van der Waals surface area contributed by atoms with Gasteiger partial charge in [-0.05, 0) is 36.0 Å². The Labute approximate surface area is 188 Å². The molecule has 0 unspecified atom stereocenters. The number of nitrogens with one attached hydrogen (secondary N) is 1. The highest BCUT2D eigenvalue weighted by Gasteiger charge is 2.34. The van der Waals surface area contributed by atoms with Crippen LogP contribution in [0.4, 0.5) is 14.9 Å².